The molecule has 2 nitrogen and oxygen atoms in total. The van der Waals surface area contributed by atoms with E-state index in [1.165, 1.54) is 102 Å². The first-order chi connectivity index (χ1) is 15.1. The molecule has 182 valence electrons. The largest absolute Gasteiger partial charge is 1.00 e. The number of rotatable bonds is 17. The average Bonchev–Trinajstić information content (AvgIpc) is 3.09. The van der Waals surface area contributed by atoms with Crippen LogP contribution in [0.5, 0.6) is 0 Å². The molecule has 0 unspecified atom stereocenters. The summed E-state index contributed by atoms with van der Waals surface area (Å²) in [5, 5.41) is 0. The Morgan fingerprint density at radius 1 is 0.781 bits per heavy atom. The molecule has 0 fully saturated rings. The fourth-order valence-electron chi connectivity index (χ4n) is 4.26. The molecule has 1 aromatic heterocycles. The minimum Gasteiger partial charge on any atom is -1.00 e. The molecule has 0 N–H and O–H groups in total. The second kappa shape index (κ2) is 17.5. The summed E-state index contributed by atoms with van der Waals surface area (Å²) in [6.45, 7) is 5.77. The van der Waals surface area contributed by atoms with Gasteiger partial charge in [-0.05, 0) is 25.0 Å². The van der Waals surface area contributed by atoms with Crippen LogP contribution in [-0.2, 0) is 13.1 Å². The molecule has 0 aliphatic carbocycles. The molecule has 0 saturated heterocycles. The zero-order chi connectivity index (χ0) is 22.3. The minimum atomic E-state index is -0.529. The van der Waals surface area contributed by atoms with E-state index in [4.69, 9.17) is 0 Å². The Labute approximate surface area is 211 Å². The number of nitrogens with zero attached hydrogens (tertiary/aromatic N) is 2. The Hall–Kier alpha value is -0.980. The maximum Gasteiger partial charge on any atom is 0.253 e. The maximum atomic E-state index is 13.9. The SMILES string of the molecule is CCCCCCCCCCCCCCCCn1cc[n+](Cc2ccc(F)cc2F)c1C.[I-]. The maximum absolute atomic E-state index is 13.9. The van der Waals surface area contributed by atoms with E-state index in [0.29, 0.717) is 12.1 Å². The van der Waals surface area contributed by atoms with Crippen LogP contribution < -0.4 is 28.5 Å². The van der Waals surface area contributed by atoms with Crippen molar-refractivity contribution in [3.63, 3.8) is 0 Å². The summed E-state index contributed by atoms with van der Waals surface area (Å²) in [6.07, 6.45) is 23.2. The van der Waals surface area contributed by atoms with Crippen molar-refractivity contribution in [3.8, 4) is 0 Å². The predicted molar refractivity (Wildman–Crippen MR) is 125 cm³/mol. The highest BCUT2D eigenvalue weighted by Gasteiger charge is 2.14. The molecule has 0 bridgehead atoms. The lowest BCUT2D eigenvalue weighted by molar-refractivity contribution is -0.694. The van der Waals surface area contributed by atoms with Gasteiger partial charge in [0.05, 0.1) is 6.54 Å². The molecule has 32 heavy (non-hydrogen) atoms. The van der Waals surface area contributed by atoms with Gasteiger partial charge in [0.1, 0.15) is 30.6 Å². The third-order valence-electron chi connectivity index (χ3n) is 6.37. The Morgan fingerprint density at radius 3 is 1.84 bits per heavy atom. The monoisotopic (exact) mass is 560 g/mol. The van der Waals surface area contributed by atoms with E-state index in [0.717, 1.165) is 18.4 Å². The van der Waals surface area contributed by atoms with Crippen LogP contribution >= 0.6 is 0 Å². The van der Waals surface area contributed by atoms with Gasteiger partial charge in [-0.2, -0.15) is 0 Å². The Balaban J connectivity index is 0.00000512. The number of halogens is 3. The number of benzene rings is 1. The van der Waals surface area contributed by atoms with Gasteiger partial charge in [0.15, 0.2) is 0 Å². The van der Waals surface area contributed by atoms with Crippen LogP contribution in [0.2, 0.25) is 0 Å². The van der Waals surface area contributed by atoms with E-state index in [9.17, 15) is 8.78 Å². The summed E-state index contributed by atoms with van der Waals surface area (Å²) < 4.78 is 31.3. The van der Waals surface area contributed by atoms with Gasteiger partial charge in [0.2, 0.25) is 0 Å². The lowest BCUT2D eigenvalue weighted by Crippen LogP contribution is -3.00. The highest BCUT2D eigenvalue weighted by atomic mass is 127. The van der Waals surface area contributed by atoms with Gasteiger partial charge in [-0.3, -0.25) is 0 Å². The van der Waals surface area contributed by atoms with Crippen molar-refractivity contribution in [2.75, 3.05) is 0 Å². The predicted octanol–water partition coefficient (Wildman–Crippen LogP) is 4.90. The van der Waals surface area contributed by atoms with Crippen LogP contribution in [0.25, 0.3) is 0 Å². The zero-order valence-electron chi connectivity index (χ0n) is 20.2. The normalized spacial score (nSPS) is 11.0. The van der Waals surface area contributed by atoms with Crippen molar-refractivity contribution in [2.45, 2.75) is 117 Å². The number of hydrogen-bond donors (Lipinski definition) is 0. The van der Waals surface area contributed by atoms with Crippen LogP contribution in [0, 0.1) is 18.6 Å². The molecule has 5 heteroatoms. The summed E-state index contributed by atoms with van der Waals surface area (Å²) in [7, 11) is 0. The highest BCUT2D eigenvalue weighted by Crippen LogP contribution is 2.14. The summed E-state index contributed by atoms with van der Waals surface area (Å²) in [5.74, 6) is 0.100. The van der Waals surface area contributed by atoms with Gasteiger partial charge in [-0.1, -0.05) is 84.0 Å². The molecule has 0 aliphatic heterocycles. The Bertz CT molecular complexity index is 745. The molecule has 0 amide bonds. The quantitative estimate of drug-likeness (QED) is 0.148. The van der Waals surface area contributed by atoms with Crippen molar-refractivity contribution in [2.24, 2.45) is 0 Å². The third-order valence-corrected chi connectivity index (χ3v) is 6.37. The van der Waals surface area contributed by atoms with Crippen molar-refractivity contribution in [1.82, 2.24) is 4.57 Å². The summed E-state index contributed by atoms with van der Waals surface area (Å²) in [6, 6.07) is 3.80. The standard InChI is InChI=1S/C27H43F2N2.HI/c1-3-4-5-6-7-8-9-10-11-12-13-14-15-16-19-30-20-21-31(24(30)2)23-25-17-18-26(28)22-27(25)29;/h17-18,20-22H,3-16,19,23H2,1-2H3;1H/q+1;/p-1. The zero-order valence-corrected chi connectivity index (χ0v) is 22.4. The molecular formula is C27H43F2IN2. The molecule has 0 spiro atoms. The second-order valence-electron chi connectivity index (χ2n) is 9.00. The average molecular weight is 561 g/mol. The number of unbranched alkanes of at least 4 members (excludes halogenated alkanes) is 13. The fourth-order valence-corrected chi connectivity index (χ4v) is 4.26. The first-order valence-corrected chi connectivity index (χ1v) is 12.6. The molecule has 0 radical (unpaired) electrons. The van der Waals surface area contributed by atoms with Crippen LogP contribution in [0.15, 0.2) is 30.6 Å². The highest BCUT2D eigenvalue weighted by molar-refractivity contribution is 5.17. The third kappa shape index (κ3) is 11.2. The summed E-state index contributed by atoms with van der Waals surface area (Å²) in [5.41, 5.74) is 0.517. The molecular weight excluding hydrogens is 517 g/mol. The van der Waals surface area contributed by atoms with E-state index >= 15 is 0 Å². The van der Waals surface area contributed by atoms with E-state index in [-0.39, 0.29) is 24.0 Å². The summed E-state index contributed by atoms with van der Waals surface area (Å²) >= 11 is 0. The number of aryl methyl sites for hydroxylation is 1. The molecule has 2 aromatic rings. The topological polar surface area (TPSA) is 8.81 Å². The van der Waals surface area contributed by atoms with Crippen LogP contribution in [0.1, 0.15) is 108 Å². The Kier molecular flexibility index (Phi) is 15.9. The number of aromatic nitrogens is 2. The van der Waals surface area contributed by atoms with Crippen molar-refractivity contribution in [1.29, 1.82) is 0 Å². The second-order valence-corrected chi connectivity index (χ2v) is 9.00. The number of imidazole rings is 1. The van der Waals surface area contributed by atoms with E-state index in [2.05, 4.69) is 24.6 Å². The van der Waals surface area contributed by atoms with E-state index < -0.39 is 11.6 Å². The molecule has 0 saturated carbocycles. The van der Waals surface area contributed by atoms with Crippen molar-refractivity contribution in [3.05, 3.63) is 53.6 Å². The van der Waals surface area contributed by atoms with Gasteiger partial charge in [-0.15, -0.1) is 0 Å². The molecule has 2 rings (SSSR count). The lowest BCUT2D eigenvalue weighted by atomic mass is 10.0. The van der Waals surface area contributed by atoms with Gasteiger partial charge in [0.25, 0.3) is 5.82 Å². The molecule has 1 aromatic carbocycles. The van der Waals surface area contributed by atoms with Crippen molar-refractivity contribution < 1.29 is 37.3 Å². The van der Waals surface area contributed by atoms with E-state index in [1.807, 2.05) is 10.8 Å². The number of hydrogen-bond acceptors (Lipinski definition) is 0. The van der Waals surface area contributed by atoms with Crippen molar-refractivity contribution >= 4 is 0 Å². The first-order valence-electron chi connectivity index (χ1n) is 12.6. The van der Waals surface area contributed by atoms with Gasteiger partial charge in [-0.25, -0.2) is 17.9 Å². The van der Waals surface area contributed by atoms with Gasteiger partial charge >= 0.3 is 0 Å². The smallest absolute Gasteiger partial charge is 0.253 e. The van der Waals surface area contributed by atoms with Crippen LogP contribution in [-0.4, -0.2) is 4.57 Å². The van der Waals surface area contributed by atoms with Gasteiger partial charge in [0, 0.05) is 18.6 Å². The van der Waals surface area contributed by atoms with Gasteiger partial charge < -0.3 is 24.0 Å². The summed E-state index contributed by atoms with van der Waals surface area (Å²) in [4.78, 5) is 0. The lowest BCUT2D eigenvalue weighted by Gasteiger charge is -2.04. The van der Waals surface area contributed by atoms with Crippen LogP contribution in [0.4, 0.5) is 8.78 Å². The van der Waals surface area contributed by atoms with Crippen LogP contribution in [0.3, 0.4) is 0 Å². The molecule has 0 aliphatic rings. The molecule has 0 atom stereocenters. The Morgan fingerprint density at radius 2 is 1.31 bits per heavy atom. The minimum absolute atomic E-state index is 0. The van der Waals surface area contributed by atoms with E-state index in [1.54, 1.807) is 0 Å². The fraction of sp³-hybridized carbons (Fsp3) is 0.667. The first kappa shape index (κ1) is 29.1. The molecule has 1 heterocycles.